The van der Waals surface area contributed by atoms with Gasteiger partial charge in [-0.3, -0.25) is 4.79 Å². The molecule has 0 spiro atoms. The number of nitrogens with zero attached hydrogens (tertiary/aromatic N) is 2. The summed E-state index contributed by atoms with van der Waals surface area (Å²) < 4.78 is 0. The Balaban J connectivity index is 1.67. The van der Waals surface area contributed by atoms with Crippen molar-refractivity contribution in [3.8, 4) is 0 Å². The van der Waals surface area contributed by atoms with Gasteiger partial charge in [0.05, 0.1) is 5.69 Å². The van der Waals surface area contributed by atoms with E-state index in [2.05, 4.69) is 16.4 Å². The van der Waals surface area contributed by atoms with Crippen molar-refractivity contribution in [1.29, 1.82) is 0 Å². The fraction of sp³-hybridized carbons (Fsp3) is 0.381. The minimum absolute atomic E-state index is 0.227. The lowest BCUT2D eigenvalue weighted by molar-refractivity contribution is 0.103. The maximum atomic E-state index is 12.7. The van der Waals surface area contributed by atoms with Crippen LogP contribution in [0, 0.1) is 0 Å². The molecule has 5 nitrogen and oxygen atoms in total. The van der Waals surface area contributed by atoms with Gasteiger partial charge in [-0.05, 0) is 49.4 Å². The van der Waals surface area contributed by atoms with Crippen molar-refractivity contribution >= 4 is 39.0 Å². The van der Waals surface area contributed by atoms with E-state index in [4.69, 9.17) is 10.7 Å². The molecular formula is C21H24N4OS. The highest BCUT2D eigenvalue weighted by atomic mass is 32.1. The molecule has 3 aromatic rings. The molecule has 1 aliphatic rings. The topological polar surface area (TPSA) is 80.9 Å². The van der Waals surface area contributed by atoms with Gasteiger partial charge in [-0.2, -0.15) is 0 Å². The molecule has 27 heavy (non-hydrogen) atoms. The van der Waals surface area contributed by atoms with Crippen molar-refractivity contribution in [2.24, 2.45) is 0 Å². The van der Waals surface area contributed by atoms with E-state index in [0.717, 1.165) is 23.1 Å². The molecule has 0 saturated heterocycles. The number of anilines is 2. The lowest BCUT2D eigenvalue weighted by Gasteiger charge is -2.12. The average Bonchev–Trinajstić information content (AvgIpc) is 3.01. The molecule has 0 aliphatic heterocycles. The van der Waals surface area contributed by atoms with E-state index in [1.165, 1.54) is 61.1 Å². The smallest absolute Gasteiger partial charge is 0.269 e. The van der Waals surface area contributed by atoms with Gasteiger partial charge in [-0.15, -0.1) is 11.3 Å². The second-order valence-electron chi connectivity index (χ2n) is 7.08. The number of fused-ring (bicyclic) bond motifs is 2. The van der Waals surface area contributed by atoms with Crippen LogP contribution in [-0.4, -0.2) is 15.9 Å². The van der Waals surface area contributed by atoms with Crippen molar-refractivity contribution in [1.82, 2.24) is 9.97 Å². The van der Waals surface area contributed by atoms with E-state index in [0.29, 0.717) is 16.4 Å². The van der Waals surface area contributed by atoms with Crippen LogP contribution in [0.15, 0.2) is 30.5 Å². The summed E-state index contributed by atoms with van der Waals surface area (Å²) in [6.45, 7) is 0. The van der Waals surface area contributed by atoms with Crippen molar-refractivity contribution in [2.75, 3.05) is 11.1 Å². The number of carbonyl (C=O) groups is 1. The summed E-state index contributed by atoms with van der Waals surface area (Å²) in [5.74, 6) is 0.294. The third kappa shape index (κ3) is 3.95. The molecule has 3 aromatic heterocycles. The van der Waals surface area contributed by atoms with E-state index in [9.17, 15) is 4.79 Å². The summed E-state index contributed by atoms with van der Waals surface area (Å²) in [6.07, 6.45) is 11.3. The lowest BCUT2D eigenvalue weighted by atomic mass is 9.97. The Kier molecular flexibility index (Phi) is 5.34. The fourth-order valence-corrected chi connectivity index (χ4v) is 4.64. The molecule has 0 saturated carbocycles. The van der Waals surface area contributed by atoms with Gasteiger partial charge in [0.2, 0.25) is 0 Å². The highest BCUT2D eigenvalue weighted by Crippen LogP contribution is 2.35. The quantitative estimate of drug-likeness (QED) is 0.658. The summed E-state index contributed by atoms with van der Waals surface area (Å²) in [6, 6.07) is 7.58. The molecule has 6 heteroatoms. The summed E-state index contributed by atoms with van der Waals surface area (Å²) in [4.78, 5) is 23.1. The zero-order chi connectivity index (χ0) is 18.6. The molecule has 0 bridgehead atoms. The maximum Gasteiger partial charge on any atom is 0.269 e. The van der Waals surface area contributed by atoms with Crippen LogP contribution in [0.3, 0.4) is 0 Å². The molecule has 0 aromatic carbocycles. The molecule has 0 unspecified atom stereocenters. The molecule has 1 amide bonds. The lowest BCUT2D eigenvalue weighted by Crippen LogP contribution is -2.12. The van der Waals surface area contributed by atoms with Crippen LogP contribution in [0.2, 0.25) is 0 Å². The van der Waals surface area contributed by atoms with Gasteiger partial charge >= 0.3 is 0 Å². The molecule has 1 aliphatic carbocycles. The molecule has 0 atom stereocenters. The standard InChI is InChI=1S/C21H24N4OS/c22-18-15-13-14-9-5-3-1-2-4-6-10-16(14)24-21(15)27-19(18)20(26)25-17-11-7-8-12-23-17/h7-8,11-13H,1-6,9-10,22H2,(H,23,25,26). The Morgan fingerprint density at radius 2 is 1.85 bits per heavy atom. The van der Waals surface area contributed by atoms with E-state index in [1.807, 2.05) is 12.1 Å². The number of aryl methyl sites for hydroxylation is 2. The first-order valence-electron chi connectivity index (χ1n) is 9.65. The predicted molar refractivity (Wildman–Crippen MR) is 111 cm³/mol. The first-order valence-corrected chi connectivity index (χ1v) is 10.5. The Morgan fingerprint density at radius 1 is 1.07 bits per heavy atom. The van der Waals surface area contributed by atoms with Crippen LogP contribution < -0.4 is 11.1 Å². The van der Waals surface area contributed by atoms with Crippen LogP contribution in [-0.2, 0) is 12.8 Å². The Hall–Kier alpha value is -2.47. The van der Waals surface area contributed by atoms with Gasteiger partial charge in [0.25, 0.3) is 5.91 Å². The second kappa shape index (κ2) is 8.05. The number of rotatable bonds is 2. The maximum absolute atomic E-state index is 12.7. The number of nitrogen functional groups attached to an aromatic ring is 1. The third-order valence-corrected chi connectivity index (χ3v) is 6.23. The molecule has 0 radical (unpaired) electrons. The molecule has 3 N–H and O–H groups in total. The molecule has 140 valence electrons. The SMILES string of the molecule is Nc1c(C(=O)Nc2ccccn2)sc2nc3c(cc12)CCCCCCCC3. The summed E-state index contributed by atoms with van der Waals surface area (Å²) in [5, 5.41) is 3.72. The monoisotopic (exact) mass is 380 g/mol. The summed E-state index contributed by atoms with van der Waals surface area (Å²) >= 11 is 1.37. The van der Waals surface area contributed by atoms with Gasteiger partial charge in [0.1, 0.15) is 15.5 Å². The van der Waals surface area contributed by atoms with E-state index in [-0.39, 0.29) is 5.91 Å². The van der Waals surface area contributed by atoms with Crippen LogP contribution in [0.5, 0.6) is 0 Å². The molecule has 4 rings (SSSR count). The first kappa shape index (κ1) is 17.9. The van der Waals surface area contributed by atoms with Crippen molar-refractivity contribution in [2.45, 2.75) is 51.4 Å². The minimum Gasteiger partial charge on any atom is -0.397 e. The van der Waals surface area contributed by atoms with E-state index in [1.54, 1.807) is 12.3 Å². The number of hydrogen-bond donors (Lipinski definition) is 2. The summed E-state index contributed by atoms with van der Waals surface area (Å²) in [5.41, 5.74) is 9.35. The number of aromatic nitrogens is 2. The van der Waals surface area contributed by atoms with Gasteiger partial charge in [0, 0.05) is 17.3 Å². The average molecular weight is 381 g/mol. The number of nitrogens with two attached hydrogens (primary N) is 1. The number of hydrogen-bond acceptors (Lipinski definition) is 5. The second-order valence-corrected chi connectivity index (χ2v) is 8.08. The van der Waals surface area contributed by atoms with Crippen LogP contribution in [0.4, 0.5) is 11.5 Å². The summed E-state index contributed by atoms with van der Waals surface area (Å²) in [7, 11) is 0. The van der Waals surface area contributed by atoms with Crippen molar-refractivity contribution in [3.63, 3.8) is 0 Å². The number of nitrogens with one attached hydrogen (secondary N) is 1. The largest absolute Gasteiger partial charge is 0.397 e. The fourth-order valence-electron chi connectivity index (χ4n) is 3.64. The Bertz CT molecular complexity index is 952. The molecule has 3 heterocycles. The third-order valence-electron chi connectivity index (χ3n) is 5.11. The molecule has 0 fully saturated rings. The number of thiophene rings is 1. The minimum atomic E-state index is -0.227. The van der Waals surface area contributed by atoms with Gasteiger partial charge < -0.3 is 11.1 Å². The van der Waals surface area contributed by atoms with Crippen LogP contribution in [0.1, 0.15) is 59.5 Å². The molecular weight excluding hydrogens is 356 g/mol. The highest BCUT2D eigenvalue weighted by Gasteiger charge is 2.20. The van der Waals surface area contributed by atoms with Crippen LogP contribution >= 0.6 is 11.3 Å². The van der Waals surface area contributed by atoms with Crippen molar-refractivity contribution < 1.29 is 4.79 Å². The van der Waals surface area contributed by atoms with Crippen LogP contribution in [0.25, 0.3) is 10.2 Å². The number of amides is 1. The normalized spacial score (nSPS) is 15.3. The zero-order valence-electron chi connectivity index (χ0n) is 15.3. The van der Waals surface area contributed by atoms with Gasteiger partial charge in [-0.25, -0.2) is 9.97 Å². The first-order chi connectivity index (χ1) is 13.2. The van der Waals surface area contributed by atoms with Gasteiger partial charge in [0.15, 0.2) is 0 Å². The number of pyridine rings is 2. The van der Waals surface area contributed by atoms with E-state index >= 15 is 0 Å². The predicted octanol–water partition coefficient (Wildman–Crippen LogP) is 4.97. The Morgan fingerprint density at radius 3 is 2.63 bits per heavy atom. The zero-order valence-corrected chi connectivity index (χ0v) is 16.1. The van der Waals surface area contributed by atoms with Crippen molar-refractivity contribution in [3.05, 3.63) is 46.6 Å². The Labute approximate surface area is 163 Å². The number of carbonyl (C=O) groups excluding carboxylic acids is 1. The van der Waals surface area contributed by atoms with E-state index < -0.39 is 0 Å². The van der Waals surface area contributed by atoms with Gasteiger partial charge in [-0.1, -0.05) is 31.7 Å². The highest BCUT2D eigenvalue weighted by molar-refractivity contribution is 7.21.